The van der Waals surface area contributed by atoms with Crippen LogP contribution in [0.25, 0.3) is 11.1 Å². The molecule has 3 aromatic carbocycles. The molecule has 16 nitrogen and oxygen atoms in total. The molecule has 5 rings (SSSR count). The number of aliphatic hydroxyl groups excluding tert-OH is 3. The van der Waals surface area contributed by atoms with Crippen molar-refractivity contribution >= 4 is 23.9 Å². The Balaban J connectivity index is 1.21. The van der Waals surface area contributed by atoms with Crippen LogP contribution in [0.2, 0.25) is 0 Å². The number of amides is 3. The highest BCUT2D eigenvalue weighted by Gasteiger charge is 2.57. The lowest BCUT2D eigenvalue weighted by atomic mass is 9.87. The van der Waals surface area contributed by atoms with E-state index < -0.39 is 73.0 Å². The number of methoxy groups -OCH3 is 1. The van der Waals surface area contributed by atoms with Gasteiger partial charge < -0.3 is 45.5 Å². The number of nitrogens with zero attached hydrogens (tertiary/aromatic N) is 3. The summed E-state index contributed by atoms with van der Waals surface area (Å²) < 4.78 is 17.5. The fourth-order valence-corrected chi connectivity index (χ4v) is 6.27. The van der Waals surface area contributed by atoms with Gasteiger partial charge in [0.25, 0.3) is 11.6 Å². The molecule has 1 saturated heterocycles. The molecule has 3 amide bonds. The monoisotopic (exact) mass is 758 g/mol. The van der Waals surface area contributed by atoms with Crippen LogP contribution in [0.4, 0.5) is 4.79 Å². The van der Waals surface area contributed by atoms with Crippen molar-refractivity contribution in [2.45, 2.75) is 75.4 Å². The molecule has 4 unspecified atom stereocenters. The van der Waals surface area contributed by atoms with Crippen molar-refractivity contribution in [2.75, 3.05) is 20.2 Å². The van der Waals surface area contributed by atoms with E-state index in [1.54, 1.807) is 24.3 Å². The van der Waals surface area contributed by atoms with Crippen LogP contribution in [-0.2, 0) is 42.6 Å². The van der Waals surface area contributed by atoms with Crippen LogP contribution in [0.1, 0.15) is 47.8 Å². The van der Waals surface area contributed by atoms with Gasteiger partial charge in [0, 0.05) is 32.0 Å². The minimum Gasteiger partial charge on any atom is -0.465 e. The van der Waals surface area contributed by atoms with Gasteiger partial charge >= 0.3 is 12.1 Å². The van der Waals surface area contributed by atoms with Crippen LogP contribution in [0.15, 0.2) is 91.1 Å². The summed E-state index contributed by atoms with van der Waals surface area (Å²) in [5.41, 5.74) is 1.36. The van der Waals surface area contributed by atoms with E-state index in [0.717, 1.165) is 28.5 Å². The first-order chi connectivity index (χ1) is 26.5. The first kappa shape index (κ1) is 40.5. The van der Waals surface area contributed by atoms with Crippen molar-refractivity contribution in [2.24, 2.45) is 0 Å². The smallest absolute Gasteiger partial charge is 0.407 e. The predicted octanol–water partition coefficient (Wildman–Crippen LogP) is 1.83. The minimum absolute atomic E-state index is 0.151. The molecule has 1 fully saturated rings. The van der Waals surface area contributed by atoms with Crippen LogP contribution >= 0.6 is 0 Å². The van der Waals surface area contributed by atoms with Gasteiger partial charge in [-0.15, -0.1) is 5.10 Å². The summed E-state index contributed by atoms with van der Waals surface area (Å²) in [7, 11) is 1.11. The molecule has 0 spiro atoms. The number of aryl methyl sites for hydroxylation is 1. The Labute approximate surface area is 317 Å². The van der Waals surface area contributed by atoms with Crippen LogP contribution in [0.5, 0.6) is 0 Å². The van der Waals surface area contributed by atoms with E-state index >= 15 is 0 Å². The average molecular weight is 759 g/mol. The van der Waals surface area contributed by atoms with Crippen molar-refractivity contribution in [3.8, 4) is 11.1 Å². The molecule has 2 heterocycles. The fraction of sp³-hybridized carbons (Fsp3) is 0.385. The molecule has 0 radical (unpaired) electrons. The standard InChI is InChI=1S/C39H46N6O10/c1-25(46)42-33-31(47)21-39(37(51)53-2,45-23-30(43-44-45)15-9-10-20-40-38(52)54-24-26-11-5-3-6-12-26)55-35(33)34(49)32(48)22-41-36(50)29-18-16-28(17-19-29)27-13-7-4-8-14-27/h3-8,11-14,16-19,23,31-35,47-49H,9-10,15,20-22,24H2,1-2H3,(H,40,52)(H,41,50)(H,42,46)/t31?,32-,33?,34+,35?,39?/m1/s1. The van der Waals surface area contributed by atoms with E-state index in [0.29, 0.717) is 37.1 Å². The Bertz CT molecular complexity index is 1880. The number of esters is 1. The Kier molecular flexibility index (Phi) is 14.0. The number of aromatic nitrogens is 3. The zero-order chi connectivity index (χ0) is 39.4. The number of unbranched alkanes of at least 4 members (excludes halogenated alkanes) is 1. The van der Waals surface area contributed by atoms with Gasteiger partial charge in [0.15, 0.2) is 0 Å². The van der Waals surface area contributed by atoms with Crippen LogP contribution in [0, 0.1) is 0 Å². The Morgan fingerprint density at radius 3 is 2.29 bits per heavy atom. The van der Waals surface area contributed by atoms with Gasteiger partial charge in [0.2, 0.25) is 5.91 Å². The van der Waals surface area contributed by atoms with Crippen molar-refractivity contribution in [3.63, 3.8) is 0 Å². The molecule has 1 aliphatic rings. The molecule has 0 aliphatic carbocycles. The second-order valence-corrected chi connectivity index (χ2v) is 13.2. The zero-order valence-electron chi connectivity index (χ0n) is 30.5. The average Bonchev–Trinajstić information content (AvgIpc) is 3.69. The fourth-order valence-electron chi connectivity index (χ4n) is 6.27. The molecule has 0 saturated carbocycles. The zero-order valence-corrected chi connectivity index (χ0v) is 30.5. The lowest BCUT2D eigenvalue weighted by Crippen LogP contribution is -2.68. The summed E-state index contributed by atoms with van der Waals surface area (Å²) in [4.78, 5) is 50.6. The number of hydrogen-bond donors (Lipinski definition) is 6. The van der Waals surface area contributed by atoms with Crippen molar-refractivity contribution in [3.05, 3.63) is 108 Å². The van der Waals surface area contributed by atoms with E-state index in [-0.39, 0.29) is 6.61 Å². The first-order valence-electron chi connectivity index (χ1n) is 17.9. The molecule has 4 aromatic rings. The second kappa shape index (κ2) is 19.1. The van der Waals surface area contributed by atoms with Gasteiger partial charge in [0.05, 0.1) is 37.3 Å². The minimum atomic E-state index is -2.16. The van der Waals surface area contributed by atoms with Crippen molar-refractivity contribution in [1.29, 1.82) is 0 Å². The quantitative estimate of drug-likeness (QED) is 0.0712. The molecule has 0 bridgehead atoms. The normalized spacial score (nSPS) is 20.4. The van der Waals surface area contributed by atoms with Gasteiger partial charge in [-0.3, -0.25) is 9.59 Å². The summed E-state index contributed by atoms with van der Waals surface area (Å²) in [5, 5.41) is 49.8. The maximum Gasteiger partial charge on any atom is 0.407 e. The Morgan fingerprint density at radius 1 is 0.945 bits per heavy atom. The van der Waals surface area contributed by atoms with Crippen molar-refractivity contribution in [1.82, 2.24) is 30.9 Å². The van der Waals surface area contributed by atoms with E-state index in [9.17, 15) is 34.5 Å². The number of benzene rings is 3. The number of hydrogen-bond acceptors (Lipinski definition) is 12. The lowest BCUT2D eigenvalue weighted by molar-refractivity contribution is -0.258. The summed E-state index contributed by atoms with van der Waals surface area (Å²) in [6, 6.07) is 24.5. The summed E-state index contributed by atoms with van der Waals surface area (Å²) in [6.45, 7) is 1.25. The number of carbonyl (C=O) groups excluding carboxylic acids is 4. The molecule has 55 heavy (non-hydrogen) atoms. The molecule has 1 aromatic heterocycles. The van der Waals surface area contributed by atoms with Gasteiger partial charge in [-0.05, 0) is 48.1 Å². The summed E-state index contributed by atoms with van der Waals surface area (Å²) in [6.07, 6.45) is -4.63. The van der Waals surface area contributed by atoms with Gasteiger partial charge in [-0.25, -0.2) is 14.3 Å². The van der Waals surface area contributed by atoms with Crippen LogP contribution < -0.4 is 16.0 Å². The third-order valence-corrected chi connectivity index (χ3v) is 9.17. The number of nitrogens with one attached hydrogen (secondary N) is 3. The number of aliphatic hydroxyl groups is 3. The van der Waals surface area contributed by atoms with Crippen LogP contribution in [-0.4, -0.2) is 105 Å². The maximum absolute atomic E-state index is 13.4. The highest BCUT2D eigenvalue weighted by atomic mass is 16.6. The third-order valence-electron chi connectivity index (χ3n) is 9.17. The van der Waals surface area contributed by atoms with E-state index in [4.69, 9.17) is 14.2 Å². The topological polar surface area (TPSA) is 223 Å². The Morgan fingerprint density at radius 2 is 1.62 bits per heavy atom. The molecule has 292 valence electrons. The predicted molar refractivity (Wildman–Crippen MR) is 197 cm³/mol. The Hall–Kier alpha value is -5.68. The van der Waals surface area contributed by atoms with E-state index in [2.05, 4.69) is 26.3 Å². The molecular weight excluding hydrogens is 712 g/mol. The van der Waals surface area contributed by atoms with Gasteiger partial charge in [0.1, 0.15) is 18.8 Å². The molecule has 6 atom stereocenters. The highest BCUT2D eigenvalue weighted by molar-refractivity contribution is 5.94. The maximum atomic E-state index is 13.4. The number of rotatable bonds is 16. The van der Waals surface area contributed by atoms with Gasteiger partial charge in [-0.1, -0.05) is 78.0 Å². The first-order valence-corrected chi connectivity index (χ1v) is 17.9. The molecule has 6 N–H and O–H groups in total. The summed E-state index contributed by atoms with van der Waals surface area (Å²) in [5.74, 6) is -2.08. The molecular formula is C39H46N6O10. The largest absolute Gasteiger partial charge is 0.465 e. The van der Waals surface area contributed by atoms with Crippen molar-refractivity contribution < 1.29 is 48.7 Å². The number of carbonyl (C=O) groups is 4. The second-order valence-electron chi connectivity index (χ2n) is 13.2. The van der Waals surface area contributed by atoms with E-state index in [1.165, 1.54) is 13.1 Å². The number of alkyl carbamates (subject to hydrolysis) is 1. The summed E-state index contributed by atoms with van der Waals surface area (Å²) >= 11 is 0. The molecule has 1 aliphatic heterocycles. The lowest BCUT2D eigenvalue weighted by Gasteiger charge is -2.47. The van der Waals surface area contributed by atoms with Gasteiger partial charge in [-0.2, -0.15) is 0 Å². The van der Waals surface area contributed by atoms with E-state index in [1.807, 2.05) is 60.7 Å². The highest BCUT2D eigenvalue weighted by Crippen LogP contribution is 2.36. The molecule has 16 heteroatoms. The SMILES string of the molecule is COC(=O)C1(n2cc(CCCCNC(=O)OCc3ccccc3)nn2)CC(O)C(NC(C)=O)C([C@@H](O)[C@H](O)CNC(=O)c2ccc(-c3ccccc3)cc2)O1. The number of ether oxygens (including phenoxy) is 3. The third kappa shape index (κ3) is 10.5. The van der Waals surface area contributed by atoms with Crippen LogP contribution in [0.3, 0.4) is 0 Å².